The number of hydrogen-bond donors (Lipinski definition) is 2. The molecule has 1 aliphatic heterocycles. The van der Waals surface area contributed by atoms with Gasteiger partial charge >= 0.3 is 0 Å². The van der Waals surface area contributed by atoms with Gasteiger partial charge in [-0.05, 0) is 37.6 Å². The van der Waals surface area contributed by atoms with Crippen LogP contribution >= 0.6 is 0 Å². The average Bonchev–Trinajstić information content (AvgIpc) is 2.52. The smallest absolute Gasteiger partial charge is 0.0474 e. The molecule has 0 aromatic heterocycles. The summed E-state index contributed by atoms with van der Waals surface area (Å²) in [6, 6.07) is 0.623. The molecule has 0 spiro atoms. The molecular weight excluding hydrogens is 174 g/mol. The Hall–Kier alpha value is -0.0800. The third-order valence-electron chi connectivity index (χ3n) is 4.05. The van der Waals surface area contributed by atoms with E-state index in [0.717, 1.165) is 12.5 Å². The summed E-state index contributed by atoms with van der Waals surface area (Å²) in [7, 11) is 0. The Labute approximate surface area is 87.1 Å². The van der Waals surface area contributed by atoms with Crippen LogP contribution in [-0.4, -0.2) is 24.3 Å². The van der Waals surface area contributed by atoms with Gasteiger partial charge in [0.25, 0.3) is 0 Å². The zero-order valence-electron chi connectivity index (χ0n) is 9.04. The van der Waals surface area contributed by atoms with E-state index in [1.165, 1.54) is 44.9 Å². The SMILES string of the molecule is OCC1CCNC1C1CCCCCC1. The molecule has 1 heterocycles. The van der Waals surface area contributed by atoms with Crippen LogP contribution in [0, 0.1) is 11.8 Å². The molecule has 0 aromatic rings. The normalized spacial score (nSPS) is 35.8. The lowest BCUT2D eigenvalue weighted by atomic mass is 9.85. The molecule has 2 fully saturated rings. The highest BCUT2D eigenvalue weighted by atomic mass is 16.3. The molecular formula is C12H23NO. The highest BCUT2D eigenvalue weighted by molar-refractivity contribution is 4.89. The standard InChI is InChI=1S/C12H23NO/c14-9-11-7-8-13-12(11)10-5-3-1-2-4-6-10/h10-14H,1-9H2. The van der Waals surface area contributed by atoms with Gasteiger partial charge in [-0.3, -0.25) is 0 Å². The molecule has 82 valence electrons. The Balaban J connectivity index is 1.91. The Morgan fingerprint density at radius 2 is 1.71 bits per heavy atom. The monoisotopic (exact) mass is 197 g/mol. The number of nitrogens with one attached hydrogen (secondary N) is 1. The first-order chi connectivity index (χ1) is 6.92. The molecule has 0 amide bonds. The Bertz CT molecular complexity index is 164. The molecule has 2 unspecified atom stereocenters. The highest BCUT2D eigenvalue weighted by Gasteiger charge is 2.32. The van der Waals surface area contributed by atoms with Crippen molar-refractivity contribution in [1.82, 2.24) is 5.32 Å². The predicted molar refractivity (Wildman–Crippen MR) is 58.2 cm³/mol. The first kappa shape index (κ1) is 10.4. The fourth-order valence-corrected chi connectivity index (χ4v) is 3.21. The van der Waals surface area contributed by atoms with Gasteiger partial charge in [0.2, 0.25) is 0 Å². The molecule has 0 bridgehead atoms. The second kappa shape index (κ2) is 5.13. The summed E-state index contributed by atoms with van der Waals surface area (Å²) in [6.45, 7) is 1.50. The maximum atomic E-state index is 9.30. The first-order valence-electron chi connectivity index (χ1n) is 6.26. The number of hydrogen-bond acceptors (Lipinski definition) is 2. The fraction of sp³-hybridized carbons (Fsp3) is 1.00. The van der Waals surface area contributed by atoms with E-state index in [9.17, 15) is 5.11 Å². The van der Waals surface area contributed by atoms with Crippen LogP contribution in [0.1, 0.15) is 44.9 Å². The van der Waals surface area contributed by atoms with Crippen LogP contribution in [0.5, 0.6) is 0 Å². The highest BCUT2D eigenvalue weighted by Crippen LogP contribution is 2.31. The molecule has 2 heteroatoms. The number of rotatable bonds is 2. The second-order valence-corrected chi connectivity index (χ2v) is 4.96. The maximum Gasteiger partial charge on any atom is 0.0474 e. The van der Waals surface area contributed by atoms with Gasteiger partial charge in [0, 0.05) is 12.6 Å². The van der Waals surface area contributed by atoms with Crippen LogP contribution in [0.3, 0.4) is 0 Å². The summed E-state index contributed by atoms with van der Waals surface area (Å²) in [5.41, 5.74) is 0. The topological polar surface area (TPSA) is 32.3 Å². The van der Waals surface area contributed by atoms with E-state index < -0.39 is 0 Å². The van der Waals surface area contributed by atoms with Crippen LogP contribution in [0.25, 0.3) is 0 Å². The van der Waals surface area contributed by atoms with Crippen molar-refractivity contribution in [2.45, 2.75) is 51.0 Å². The zero-order chi connectivity index (χ0) is 9.80. The maximum absolute atomic E-state index is 9.30. The van der Waals surface area contributed by atoms with Crippen LogP contribution in [0.2, 0.25) is 0 Å². The van der Waals surface area contributed by atoms with Gasteiger partial charge in [-0.15, -0.1) is 0 Å². The van der Waals surface area contributed by atoms with Gasteiger partial charge in [0.15, 0.2) is 0 Å². The minimum atomic E-state index is 0.383. The summed E-state index contributed by atoms with van der Waals surface area (Å²) >= 11 is 0. The lowest BCUT2D eigenvalue weighted by Gasteiger charge is -2.26. The Morgan fingerprint density at radius 3 is 2.36 bits per heavy atom. The molecule has 2 nitrogen and oxygen atoms in total. The van der Waals surface area contributed by atoms with E-state index in [4.69, 9.17) is 0 Å². The summed E-state index contributed by atoms with van der Waals surface area (Å²) in [5.74, 6) is 1.38. The molecule has 1 aliphatic carbocycles. The lowest BCUT2D eigenvalue weighted by Crippen LogP contribution is -2.36. The number of aliphatic hydroxyl groups excluding tert-OH is 1. The van der Waals surface area contributed by atoms with Crippen LogP contribution in [0.4, 0.5) is 0 Å². The van der Waals surface area contributed by atoms with Crippen molar-refractivity contribution >= 4 is 0 Å². The Morgan fingerprint density at radius 1 is 1.00 bits per heavy atom. The van der Waals surface area contributed by atoms with Gasteiger partial charge in [0.1, 0.15) is 0 Å². The predicted octanol–water partition coefficient (Wildman–Crippen LogP) is 1.93. The van der Waals surface area contributed by atoms with Crippen LogP contribution in [0.15, 0.2) is 0 Å². The minimum absolute atomic E-state index is 0.383. The average molecular weight is 197 g/mol. The van der Waals surface area contributed by atoms with Gasteiger partial charge in [-0.25, -0.2) is 0 Å². The Kier molecular flexibility index (Phi) is 3.82. The zero-order valence-corrected chi connectivity index (χ0v) is 9.04. The minimum Gasteiger partial charge on any atom is -0.396 e. The summed E-state index contributed by atoms with van der Waals surface area (Å²) in [4.78, 5) is 0. The van der Waals surface area contributed by atoms with E-state index in [-0.39, 0.29) is 0 Å². The van der Waals surface area contributed by atoms with Crippen molar-refractivity contribution in [3.8, 4) is 0 Å². The molecule has 1 saturated heterocycles. The summed E-state index contributed by atoms with van der Waals surface area (Å²) in [5, 5.41) is 12.9. The third kappa shape index (κ3) is 2.29. The molecule has 2 rings (SSSR count). The molecule has 2 aliphatic rings. The molecule has 0 radical (unpaired) electrons. The first-order valence-corrected chi connectivity index (χ1v) is 6.26. The van der Waals surface area contributed by atoms with E-state index >= 15 is 0 Å². The van der Waals surface area contributed by atoms with Crippen molar-refractivity contribution in [2.75, 3.05) is 13.2 Å². The van der Waals surface area contributed by atoms with E-state index in [1.807, 2.05) is 0 Å². The quantitative estimate of drug-likeness (QED) is 0.663. The summed E-state index contributed by atoms with van der Waals surface area (Å²) in [6.07, 6.45) is 9.60. The molecule has 14 heavy (non-hydrogen) atoms. The van der Waals surface area contributed by atoms with Crippen molar-refractivity contribution < 1.29 is 5.11 Å². The molecule has 1 saturated carbocycles. The van der Waals surface area contributed by atoms with Crippen molar-refractivity contribution in [2.24, 2.45) is 11.8 Å². The van der Waals surface area contributed by atoms with Gasteiger partial charge in [-0.2, -0.15) is 0 Å². The van der Waals surface area contributed by atoms with E-state index in [1.54, 1.807) is 0 Å². The van der Waals surface area contributed by atoms with Crippen molar-refractivity contribution in [1.29, 1.82) is 0 Å². The second-order valence-electron chi connectivity index (χ2n) is 4.96. The van der Waals surface area contributed by atoms with Gasteiger partial charge in [-0.1, -0.05) is 25.7 Å². The largest absolute Gasteiger partial charge is 0.396 e. The molecule has 2 atom stereocenters. The summed E-state index contributed by atoms with van der Waals surface area (Å²) < 4.78 is 0. The van der Waals surface area contributed by atoms with Gasteiger partial charge < -0.3 is 10.4 Å². The lowest BCUT2D eigenvalue weighted by molar-refractivity contribution is 0.181. The van der Waals surface area contributed by atoms with Gasteiger partial charge in [0.05, 0.1) is 0 Å². The molecule has 2 N–H and O–H groups in total. The molecule has 0 aromatic carbocycles. The van der Waals surface area contributed by atoms with Crippen LogP contribution < -0.4 is 5.32 Å². The fourth-order valence-electron chi connectivity index (χ4n) is 3.21. The third-order valence-corrected chi connectivity index (χ3v) is 4.05. The van der Waals surface area contributed by atoms with E-state index in [0.29, 0.717) is 18.6 Å². The number of aliphatic hydroxyl groups is 1. The van der Waals surface area contributed by atoms with Crippen molar-refractivity contribution in [3.63, 3.8) is 0 Å². The van der Waals surface area contributed by atoms with E-state index in [2.05, 4.69) is 5.32 Å². The van der Waals surface area contributed by atoms with Crippen LogP contribution in [-0.2, 0) is 0 Å². The van der Waals surface area contributed by atoms with Crippen molar-refractivity contribution in [3.05, 3.63) is 0 Å².